The molecule has 1 aliphatic rings. The van der Waals surface area contributed by atoms with Gasteiger partial charge in [0, 0.05) is 17.6 Å². The van der Waals surface area contributed by atoms with E-state index in [0.29, 0.717) is 23.8 Å². The van der Waals surface area contributed by atoms with E-state index in [9.17, 15) is 18.0 Å². The van der Waals surface area contributed by atoms with Crippen LogP contribution < -0.4 is 14.4 Å². The highest BCUT2D eigenvalue weighted by Gasteiger charge is 2.34. The molecular formula is C32H38ClN3O5S. The maximum Gasteiger partial charge on any atom is 0.264 e. The van der Waals surface area contributed by atoms with Crippen LogP contribution in [0.2, 0.25) is 5.02 Å². The van der Waals surface area contributed by atoms with E-state index in [4.69, 9.17) is 16.3 Å². The lowest BCUT2D eigenvalue weighted by Gasteiger charge is -2.33. The summed E-state index contributed by atoms with van der Waals surface area (Å²) in [6, 6.07) is 21.5. The van der Waals surface area contributed by atoms with Gasteiger partial charge in [0.25, 0.3) is 10.0 Å². The second-order valence-corrected chi connectivity index (χ2v) is 12.7. The maximum atomic E-state index is 14.1. The Kier molecular flexibility index (Phi) is 10.9. The summed E-state index contributed by atoms with van der Waals surface area (Å²) in [5, 5.41) is 3.48. The Morgan fingerprint density at radius 3 is 2.29 bits per heavy atom. The number of para-hydroxylation sites is 2. The van der Waals surface area contributed by atoms with Crippen LogP contribution in [0.15, 0.2) is 83.8 Å². The first-order valence-electron chi connectivity index (χ1n) is 14.3. The summed E-state index contributed by atoms with van der Waals surface area (Å²) in [6.45, 7) is 3.52. The summed E-state index contributed by atoms with van der Waals surface area (Å²) in [4.78, 5) is 28.9. The summed E-state index contributed by atoms with van der Waals surface area (Å²) >= 11 is 6.03. The number of sulfonamides is 1. The van der Waals surface area contributed by atoms with E-state index in [1.165, 1.54) is 29.2 Å². The van der Waals surface area contributed by atoms with Gasteiger partial charge in [-0.1, -0.05) is 66.9 Å². The molecule has 1 atom stereocenters. The largest absolute Gasteiger partial charge is 0.492 e. The van der Waals surface area contributed by atoms with E-state index in [2.05, 4.69) is 5.32 Å². The molecule has 0 unspecified atom stereocenters. The highest BCUT2D eigenvalue weighted by molar-refractivity contribution is 7.92. The average molecular weight is 612 g/mol. The molecule has 224 valence electrons. The van der Waals surface area contributed by atoms with Gasteiger partial charge in [0.15, 0.2) is 0 Å². The first-order chi connectivity index (χ1) is 20.2. The third-order valence-electron chi connectivity index (χ3n) is 7.47. The lowest BCUT2D eigenvalue weighted by molar-refractivity contribution is -0.139. The molecule has 10 heteroatoms. The van der Waals surface area contributed by atoms with Gasteiger partial charge in [0.1, 0.15) is 18.3 Å². The normalized spacial score (nSPS) is 14.3. The van der Waals surface area contributed by atoms with Crippen LogP contribution in [0, 0.1) is 0 Å². The molecule has 0 radical (unpaired) electrons. The second kappa shape index (κ2) is 14.6. The number of carbonyl (C=O) groups is 2. The number of amides is 2. The van der Waals surface area contributed by atoms with Crippen LogP contribution in [-0.2, 0) is 26.0 Å². The van der Waals surface area contributed by atoms with Crippen molar-refractivity contribution in [2.75, 3.05) is 24.0 Å². The van der Waals surface area contributed by atoms with Gasteiger partial charge < -0.3 is 15.0 Å². The number of rotatable bonds is 13. The summed E-state index contributed by atoms with van der Waals surface area (Å²) in [6.07, 6.45) is 4.46. The first kappa shape index (κ1) is 31.4. The summed E-state index contributed by atoms with van der Waals surface area (Å²) in [5.41, 5.74) is 1.24. The number of halogens is 1. The van der Waals surface area contributed by atoms with Crippen LogP contribution in [0.5, 0.6) is 5.75 Å². The highest BCUT2D eigenvalue weighted by atomic mass is 35.5. The molecule has 0 spiro atoms. The first-order valence-corrected chi connectivity index (χ1v) is 16.2. The molecule has 4 rings (SSSR count). The Hall–Kier alpha value is -3.56. The number of nitrogens with zero attached hydrogens (tertiary/aromatic N) is 2. The Bertz CT molecular complexity index is 1440. The number of benzene rings is 3. The Labute approximate surface area is 253 Å². The monoisotopic (exact) mass is 611 g/mol. The van der Waals surface area contributed by atoms with Gasteiger partial charge in [-0.2, -0.15) is 0 Å². The number of carbonyl (C=O) groups excluding carboxylic acids is 2. The molecule has 42 heavy (non-hydrogen) atoms. The van der Waals surface area contributed by atoms with Crippen LogP contribution in [0.3, 0.4) is 0 Å². The zero-order chi connectivity index (χ0) is 30.1. The maximum absolute atomic E-state index is 14.1. The van der Waals surface area contributed by atoms with E-state index in [0.717, 1.165) is 35.6 Å². The van der Waals surface area contributed by atoms with Crippen LogP contribution in [0.1, 0.15) is 45.1 Å². The van der Waals surface area contributed by atoms with Crippen LogP contribution in [0.4, 0.5) is 5.69 Å². The molecule has 1 saturated carbocycles. The molecule has 1 aliphatic carbocycles. The Morgan fingerprint density at radius 2 is 1.62 bits per heavy atom. The summed E-state index contributed by atoms with van der Waals surface area (Å²) in [5.74, 6) is -0.415. The molecule has 0 saturated heterocycles. The van der Waals surface area contributed by atoms with Crippen molar-refractivity contribution in [2.45, 2.75) is 62.9 Å². The predicted octanol–water partition coefficient (Wildman–Crippen LogP) is 5.45. The molecule has 0 aromatic heterocycles. The average Bonchev–Trinajstić information content (AvgIpc) is 3.50. The minimum absolute atomic E-state index is 0.0196. The molecule has 3 aromatic rings. The van der Waals surface area contributed by atoms with Gasteiger partial charge in [-0.3, -0.25) is 13.9 Å². The van der Waals surface area contributed by atoms with Gasteiger partial charge in [-0.25, -0.2) is 8.42 Å². The fourth-order valence-corrected chi connectivity index (χ4v) is 6.70. The fourth-order valence-electron chi connectivity index (χ4n) is 5.15. The molecule has 0 aliphatic heterocycles. The standard InChI is InChI=1S/C32H38ClN3O5S/c1-3-41-30-16-10-9-15-29(30)36(42(39,40)28-19-17-26(33)18-20-28)23-31(37)35(22-21-25-11-5-4-6-12-25)24(2)32(38)34-27-13-7-8-14-27/h4-6,9-12,15-20,24,27H,3,7-8,13-14,21-23H2,1-2H3,(H,34,38)/t24-/m1/s1. The zero-order valence-electron chi connectivity index (χ0n) is 24.0. The van der Waals surface area contributed by atoms with E-state index in [-0.39, 0.29) is 29.1 Å². The van der Waals surface area contributed by atoms with Crippen molar-refractivity contribution in [3.05, 3.63) is 89.4 Å². The van der Waals surface area contributed by atoms with Gasteiger partial charge >= 0.3 is 0 Å². The molecule has 8 nitrogen and oxygen atoms in total. The van der Waals surface area contributed by atoms with E-state index in [1.54, 1.807) is 38.1 Å². The van der Waals surface area contributed by atoms with Crippen LogP contribution in [-0.4, -0.2) is 56.9 Å². The van der Waals surface area contributed by atoms with Gasteiger partial charge in [0.05, 0.1) is 17.2 Å². The lowest BCUT2D eigenvalue weighted by Crippen LogP contribution is -2.53. The molecule has 1 N–H and O–H groups in total. The number of nitrogens with one attached hydrogen (secondary N) is 1. The Morgan fingerprint density at radius 1 is 0.976 bits per heavy atom. The zero-order valence-corrected chi connectivity index (χ0v) is 25.6. The third-order valence-corrected chi connectivity index (χ3v) is 9.49. The van der Waals surface area contributed by atoms with Crippen molar-refractivity contribution in [1.82, 2.24) is 10.2 Å². The smallest absolute Gasteiger partial charge is 0.264 e. The summed E-state index contributed by atoms with van der Waals surface area (Å²) in [7, 11) is -4.23. The quantitative estimate of drug-likeness (QED) is 0.277. The topological polar surface area (TPSA) is 96.0 Å². The van der Waals surface area contributed by atoms with Crippen molar-refractivity contribution in [1.29, 1.82) is 0 Å². The van der Waals surface area contributed by atoms with Crippen molar-refractivity contribution >= 4 is 39.1 Å². The van der Waals surface area contributed by atoms with Crippen molar-refractivity contribution in [3.8, 4) is 5.75 Å². The van der Waals surface area contributed by atoms with E-state index in [1.807, 2.05) is 30.3 Å². The fraction of sp³-hybridized carbons (Fsp3) is 0.375. The number of anilines is 1. The molecule has 3 aromatic carbocycles. The summed E-state index contributed by atoms with van der Waals surface area (Å²) < 4.78 is 34.9. The Balaban J connectivity index is 1.68. The van der Waals surface area contributed by atoms with Crippen LogP contribution in [0.25, 0.3) is 0 Å². The lowest BCUT2D eigenvalue weighted by atomic mass is 10.1. The molecule has 0 bridgehead atoms. The highest BCUT2D eigenvalue weighted by Crippen LogP contribution is 2.33. The van der Waals surface area contributed by atoms with E-state index >= 15 is 0 Å². The SMILES string of the molecule is CCOc1ccccc1N(CC(=O)N(CCc1ccccc1)[C@H](C)C(=O)NC1CCCC1)S(=O)(=O)c1ccc(Cl)cc1. The van der Waals surface area contributed by atoms with Crippen molar-refractivity contribution in [3.63, 3.8) is 0 Å². The number of ether oxygens (including phenoxy) is 1. The molecule has 1 fully saturated rings. The molecule has 2 amide bonds. The van der Waals surface area contributed by atoms with E-state index < -0.39 is 28.5 Å². The van der Waals surface area contributed by atoms with Gasteiger partial charge in [-0.15, -0.1) is 0 Å². The molecular weight excluding hydrogens is 574 g/mol. The number of hydrogen-bond acceptors (Lipinski definition) is 5. The number of hydrogen-bond donors (Lipinski definition) is 1. The van der Waals surface area contributed by atoms with Crippen molar-refractivity contribution in [2.24, 2.45) is 0 Å². The molecule has 0 heterocycles. The predicted molar refractivity (Wildman–Crippen MR) is 165 cm³/mol. The van der Waals surface area contributed by atoms with Gasteiger partial charge in [0.2, 0.25) is 11.8 Å². The van der Waals surface area contributed by atoms with Crippen LogP contribution >= 0.6 is 11.6 Å². The third kappa shape index (κ3) is 7.83. The van der Waals surface area contributed by atoms with Gasteiger partial charge in [-0.05, 0) is 75.1 Å². The minimum atomic E-state index is -4.23. The minimum Gasteiger partial charge on any atom is -0.492 e. The second-order valence-electron chi connectivity index (χ2n) is 10.4. The van der Waals surface area contributed by atoms with Crippen molar-refractivity contribution < 1.29 is 22.7 Å².